The van der Waals surface area contributed by atoms with Crippen LogP contribution in [0, 0.1) is 11.8 Å². The maximum absolute atomic E-state index is 13.0. The number of anilines is 1. The van der Waals surface area contributed by atoms with E-state index in [1.54, 1.807) is 4.57 Å². The molecule has 2 heterocycles. The number of hydrogen-bond donors (Lipinski definition) is 3. The highest BCUT2D eigenvalue weighted by Crippen LogP contribution is 2.15. The van der Waals surface area contributed by atoms with Gasteiger partial charge in [-0.25, -0.2) is 14.6 Å². The van der Waals surface area contributed by atoms with E-state index < -0.39 is 29.6 Å². The summed E-state index contributed by atoms with van der Waals surface area (Å²) in [5.41, 5.74) is 6.48. The van der Waals surface area contributed by atoms with E-state index in [4.69, 9.17) is 19.9 Å². The summed E-state index contributed by atoms with van der Waals surface area (Å²) in [4.78, 5) is 59.5. The monoisotopic (exact) mass is 542 g/mol. The molecule has 1 unspecified atom stereocenters. The number of ether oxygens (including phenoxy) is 3. The summed E-state index contributed by atoms with van der Waals surface area (Å²) in [6, 6.07) is 8.26. The zero-order valence-corrected chi connectivity index (χ0v) is 22.2. The number of imidazole rings is 1. The number of carbonyl (C=O) groups excluding carboxylic acids is 3. The lowest BCUT2D eigenvalue weighted by molar-refractivity contribution is -0.151. The number of alkyl carbamates (subject to hydrolysis) is 1. The predicted octanol–water partition coefficient (Wildman–Crippen LogP) is 2.16. The fourth-order valence-electron chi connectivity index (χ4n) is 3.76. The van der Waals surface area contributed by atoms with Crippen LogP contribution in [-0.4, -0.2) is 56.8 Å². The van der Waals surface area contributed by atoms with E-state index in [1.807, 2.05) is 44.2 Å². The summed E-state index contributed by atoms with van der Waals surface area (Å²) in [7, 11) is 0. The van der Waals surface area contributed by atoms with E-state index in [-0.39, 0.29) is 43.1 Å². The van der Waals surface area contributed by atoms with Gasteiger partial charge in [-0.3, -0.25) is 14.6 Å². The predicted molar refractivity (Wildman–Crippen MR) is 141 cm³/mol. The Morgan fingerprint density at radius 3 is 2.54 bits per heavy atom. The molecule has 3 aromatic rings. The lowest BCUT2D eigenvalue weighted by atomic mass is 9.99. The maximum atomic E-state index is 13.0. The van der Waals surface area contributed by atoms with Gasteiger partial charge in [0.05, 0.1) is 19.5 Å². The molecule has 1 amide bonds. The van der Waals surface area contributed by atoms with Crippen molar-refractivity contribution in [3.63, 3.8) is 0 Å². The highest BCUT2D eigenvalue weighted by molar-refractivity contribution is 5.81. The number of rotatable bonds is 13. The van der Waals surface area contributed by atoms with Gasteiger partial charge >= 0.3 is 18.0 Å². The topological polar surface area (TPSA) is 181 Å². The molecule has 13 heteroatoms. The summed E-state index contributed by atoms with van der Waals surface area (Å²) in [6.45, 7) is 5.35. The molecule has 0 fully saturated rings. The van der Waals surface area contributed by atoms with Gasteiger partial charge < -0.3 is 29.8 Å². The smallest absolute Gasteiger partial charge is 0.408 e. The van der Waals surface area contributed by atoms with Crippen molar-refractivity contribution in [1.29, 1.82) is 0 Å². The number of nitrogens with two attached hydrogens (primary N) is 1. The van der Waals surface area contributed by atoms with Gasteiger partial charge in [-0.05, 0) is 17.9 Å². The lowest BCUT2D eigenvalue weighted by Gasteiger charge is -2.24. The van der Waals surface area contributed by atoms with E-state index in [2.05, 4.69) is 20.3 Å². The van der Waals surface area contributed by atoms with E-state index in [1.165, 1.54) is 13.3 Å². The summed E-state index contributed by atoms with van der Waals surface area (Å²) in [5.74, 6) is -1.73. The van der Waals surface area contributed by atoms with Crippen LogP contribution in [-0.2, 0) is 37.0 Å². The molecule has 0 aliphatic rings. The van der Waals surface area contributed by atoms with Crippen LogP contribution in [0.25, 0.3) is 11.2 Å². The SMILES string of the molecule is CC[C@H](C)[C@H](NC(=O)OCc1ccccc1)C(=O)OCC(CCn1cnc2c(=O)[nH]c(N)nc21)COC(C)=O. The molecule has 3 rings (SSSR count). The van der Waals surface area contributed by atoms with Crippen LogP contribution in [0.4, 0.5) is 10.7 Å². The van der Waals surface area contributed by atoms with Crippen LogP contribution in [0.3, 0.4) is 0 Å². The fourth-order valence-corrected chi connectivity index (χ4v) is 3.76. The third-order valence-electron chi connectivity index (χ3n) is 6.21. The van der Waals surface area contributed by atoms with Crippen molar-refractivity contribution >= 4 is 35.1 Å². The Balaban J connectivity index is 1.61. The Labute approximate surface area is 225 Å². The highest BCUT2D eigenvalue weighted by atomic mass is 16.6. The number of aryl methyl sites for hydroxylation is 1. The molecule has 0 spiro atoms. The number of benzene rings is 1. The summed E-state index contributed by atoms with van der Waals surface area (Å²) in [5, 5.41) is 2.61. The number of amides is 1. The molecule has 210 valence electrons. The first-order chi connectivity index (χ1) is 18.7. The van der Waals surface area contributed by atoms with Gasteiger partial charge in [0.15, 0.2) is 11.2 Å². The zero-order valence-electron chi connectivity index (χ0n) is 22.2. The maximum Gasteiger partial charge on any atom is 0.408 e. The van der Waals surface area contributed by atoms with Crippen molar-refractivity contribution in [3.8, 4) is 0 Å². The van der Waals surface area contributed by atoms with Crippen LogP contribution in [0.2, 0.25) is 0 Å². The van der Waals surface area contributed by atoms with Crippen LogP contribution >= 0.6 is 0 Å². The van der Waals surface area contributed by atoms with Gasteiger partial charge in [0.25, 0.3) is 5.56 Å². The number of fused-ring (bicyclic) bond motifs is 1. The molecule has 13 nitrogen and oxygen atoms in total. The number of nitrogen functional groups attached to an aromatic ring is 1. The average Bonchev–Trinajstić information content (AvgIpc) is 3.33. The van der Waals surface area contributed by atoms with Crippen molar-refractivity contribution < 1.29 is 28.6 Å². The van der Waals surface area contributed by atoms with Crippen molar-refractivity contribution in [2.45, 2.75) is 52.8 Å². The minimum Gasteiger partial charge on any atom is -0.465 e. The third kappa shape index (κ3) is 8.55. The Hall–Kier alpha value is -4.42. The van der Waals surface area contributed by atoms with Crippen molar-refractivity contribution in [2.75, 3.05) is 18.9 Å². The quantitative estimate of drug-likeness (QED) is 0.214. The molecule has 1 aromatic carbocycles. The second-order valence-corrected chi connectivity index (χ2v) is 9.22. The van der Waals surface area contributed by atoms with Crippen molar-refractivity contribution in [3.05, 3.63) is 52.6 Å². The number of aromatic amines is 1. The first-order valence-corrected chi connectivity index (χ1v) is 12.7. The number of nitrogens with one attached hydrogen (secondary N) is 2. The van der Waals surface area contributed by atoms with Crippen LogP contribution < -0.4 is 16.6 Å². The largest absolute Gasteiger partial charge is 0.465 e. The Bertz CT molecular complexity index is 1320. The molecule has 2 aromatic heterocycles. The van der Waals surface area contributed by atoms with Gasteiger partial charge in [-0.2, -0.15) is 4.98 Å². The standard InChI is InChI=1S/C26H34N6O7/c1-4-16(2)20(29-26(36)39-12-18-8-6-5-7-9-18)24(35)38-14-19(13-37-17(3)33)10-11-32-15-28-21-22(32)30-25(27)31-23(21)34/h5-9,15-16,19-20H,4,10-14H2,1-3H3,(H,29,36)(H3,27,30,31,34)/t16-,19?,20-/m0/s1. The molecule has 0 aliphatic carbocycles. The molecule has 0 aliphatic heterocycles. The first-order valence-electron chi connectivity index (χ1n) is 12.7. The number of nitrogens with zero attached hydrogens (tertiary/aromatic N) is 3. The Morgan fingerprint density at radius 1 is 1.13 bits per heavy atom. The molecule has 4 N–H and O–H groups in total. The molecule has 0 saturated heterocycles. The van der Waals surface area contributed by atoms with Crippen molar-refractivity contribution in [2.24, 2.45) is 11.8 Å². The van der Waals surface area contributed by atoms with E-state index in [9.17, 15) is 19.2 Å². The Morgan fingerprint density at radius 2 is 1.85 bits per heavy atom. The molecule has 39 heavy (non-hydrogen) atoms. The van der Waals surface area contributed by atoms with E-state index in [0.717, 1.165) is 5.56 Å². The second-order valence-electron chi connectivity index (χ2n) is 9.22. The molecular weight excluding hydrogens is 508 g/mol. The molecular formula is C26H34N6O7. The number of H-pyrrole nitrogens is 1. The van der Waals surface area contributed by atoms with Crippen LogP contribution in [0.1, 0.15) is 39.2 Å². The highest BCUT2D eigenvalue weighted by Gasteiger charge is 2.29. The molecule has 0 radical (unpaired) electrons. The van der Waals surface area contributed by atoms with Crippen molar-refractivity contribution in [1.82, 2.24) is 24.8 Å². The van der Waals surface area contributed by atoms with Gasteiger partial charge in [-0.15, -0.1) is 0 Å². The number of esters is 2. The Kier molecular flexibility index (Phi) is 10.4. The van der Waals surface area contributed by atoms with Gasteiger partial charge in [-0.1, -0.05) is 50.6 Å². The second kappa shape index (κ2) is 13.9. The fraction of sp³-hybridized carbons (Fsp3) is 0.462. The van der Waals surface area contributed by atoms with Crippen LogP contribution in [0.5, 0.6) is 0 Å². The molecule has 0 bridgehead atoms. The lowest BCUT2D eigenvalue weighted by Crippen LogP contribution is -2.46. The third-order valence-corrected chi connectivity index (χ3v) is 6.21. The summed E-state index contributed by atoms with van der Waals surface area (Å²) in [6.07, 6.45) is 1.75. The summed E-state index contributed by atoms with van der Waals surface area (Å²) >= 11 is 0. The van der Waals surface area contributed by atoms with Crippen LogP contribution in [0.15, 0.2) is 41.5 Å². The minimum absolute atomic E-state index is 0.00589. The molecule has 0 saturated carbocycles. The number of carbonyl (C=O) groups is 3. The molecule has 3 atom stereocenters. The van der Waals surface area contributed by atoms with E-state index in [0.29, 0.717) is 25.0 Å². The van der Waals surface area contributed by atoms with Gasteiger partial charge in [0.1, 0.15) is 12.6 Å². The van der Waals surface area contributed by atoms with Gasteiger partial charge in [0.2, 0.25) is 5.95 Å². The minimum atomic E-state index is -0.927. The normalized spacial score (nSPS) is 13.3. The number of aromatic nitrogens is 4. The van der Waals surface area contributed by atoms with Gasteiger partial charge in [0, 0.05) is 19.4 Å². The zero-order chi connectivity index (χ0) is 28.4. The first kappa shape index (κ1) is 29.1. The van der Waals surface area contributed by atoms with E-state index >= 15 is 0 Å². The average molecular weight is 543 g/mol. The number of hydrogen-bond acceptors (Lipinski definition) is 10. The summed E-state index contributed by atoms with van der Waals surface area (Å²) < 4.78 is 17.6.